The monoisotopic (exact) mass is 450 g/mol. The van der Waals surface area contributed by atoms with Crippen molar-refractivity contribution in [3.05, 3.63) is 72.2 Å². The summed E-state index contributed by atoms with van der Waals surface area (Å²) in [5, 5.41) is 4.34. The first-order chi connectivity index (χ1) is 16.0. The minimum atomic E-state index is -0.732. The summed E-state index contributed by atoms with van der Waals surface area (Å²) in [5.41, 5.74) is 1.52. The Morgan fingerprint density at radius 2 is 1.76 bits per heavy atom. The van der Waals surface area contributed by atoms with E-state index in [0.717, 1.165) is 40.9 Å². The van der Waals surface area contributed by atoms with E-state index in [1.807, 2.05) is 24.3 Å². The van der Waals surface area contributed by atoms with E-state index in [4.69, 9.17) is 4.74 Å². The fraction of sp³-hybridized carbons (Fsp3) is 0.217. The third-order valence-electron chi connectivity index (χ3n) is 5.71. The summed E-state index contributed by atoms with van der Waals surface area (Å²) in [4.78, 5) is 25.0. The minimum Gasteiger partial charge on any atom is -0.497 e. The van der Waals surface area contributed by atoms with Gasteiger partial charge in [0.2, 0.25) is 0 Å². The third kappa shape index (κ3) is 3.84. The van der Waals surface area contributed by atoms with Gasteiger partial charge in [0.15, 0.2) is 0 Å². The van der Waals surface area contributed by atoms with E-state index in [2.05, 4.69) is 20.0 Å². The van der Waals surface area contributed by atoms with E-state index in [9.17, 15) is 13.6 Å². The zero-order valence-electron chi connectivity index (χ0n) is 17.8. The van der Waals surface area contributed by atoms with Crippen LogP contribution in [-0.2, 0) is 0 Å². The van der Waals surface area contributed by atoms with Crippen LogP contribution in [0.25, 0.3) is 16.9 Å². The van der Waals surface area contributed by atoms with Crippen molar-refractivity contribution in [2.24, 2.45) is 0 Å². The largest absolute Gasteiger partial charge is 0.497 e. The lowest BCUT2D eigenvalue weighted by atomic mass is 10.1. The van der Waals surface area contributed by atoms with Gasteiger partial charge in [0.1, 0.15) is 29.5 Å². The number of hydrogen-bond donors (Lipinski definition) is 0. The molecule has 0 radical (unpaired) electrons. The topological polar surface area (TPSA) is 75.9 Å². The standard InChI is InChI=1S/C23H20F2N6O2/c1-33-17-5-2-15(3-6-17)19-13-26-23-27-14-28-31(23)21(19)29-8-10-30(11-9-29)22(32)18-12-16(24)4-7-20(18)25/h2-7,12-14H,8-11H2,1H3. The molecule has 168 valence electrons. The van der Waals surface area contributed by atoms with Gasteiger partial charge in [0.05, 0.1) is 12.7 Å². The molecule has 33 heavy (non-hydrogen) atoms. The van der Waals surface area contributed by atoms with Crippen molar-refractivity contribution < 1.29 is 18.3 Å². The summed E-state index contributed by atoms with van der Waals surface area (Å²) >= 11 is 0. The van der Waals surface area contributed by atoms with Crippen LogP contribution in [0.5, 0.6) is 5.75 Å². The smallest absolute Gasteiger partial charge is 0.257 e. The normalized spacial score (nSPS) is 14.0. The number of carbonyl (C=O) groups is 1. The molecule has 0 aliphatic carbocycles. The van der Waals surface area contributed by atoms with Crippen molar-refractivity contribution in [2.75, 3.05) is 38.2 Å². The fourth-order valence-corrected chi connectivity index (χ4v) is 4.00. The number of fused-ring (bicyclic) bond motifs is 1. The van der Waals surface area contributed by atoms with Gasteiger partial charge in [-0.25, -0.2) is 13.8 Å². The zero-order valence-corrected chi connectivity index (χ0v) is 17.8. The maximum atomic E-state index is 14.1. The molecule has 5 rings (SSSR count). The lowest BCUT2D eigenvalue weighted by Gasteiger charge is -2.36. The van der Waals surface area contributed by atoms with Crippen LogP contribution < -0.4 is 9.64 Å². The molecule has 0 atom stereocenters. The van der Waals surface area contributed by atoms with Gasteiger partial charge in [-0.05, 0) is 35.9 Å². The Morgan fingerprint density at radius 3 is 2.48 bits per heavy atom. The first kappa shape index (κ1) is 20.8. The number of aromatic nitrogens is 4. The number of carbonyl (C=O) groups excluding carboxylic acids is 1. The number of hydrogen-bond acceptors (Lipinski definition) is 6. The van der Waals surface area contributed by atoms with Gasteiger partial charge < -0.3 is 14.5 Å². The summed E-state index contributed by atoms with van der Waals surface area (Å²) in [7, 11) is 1.61. The van der Waals surface area contributed by atoms with Crippen LogP contribution in [0.4, 0.5) is 14.6 Å². The predicted molar refractivity (Wildman–Crippen MR) is 117 cm³/mol. The number of amides is 1. The van der Waals surface area contributed by atoms with Crippen molar-refractivity contribution in [1.82, 2.24) is 24.5 Å². The molecule has 3 heterocycles. The highest BCUT2D eigenvalue weighted by atomic mass is 19.1. The summed E-state index contributed by atoms with van der Waals surface area (Å²) in [5.74, 6) is 0.0979. The molecule has 8 nitrogen and oxygen atoms in total. The Labute approximate surface area is 188 Å². The van der Waals surface area contributed by atoms with Crippen LogP contribution in [0, 0.1) is 11.6 Å². The van der Waals surface area contributed by atoms with E-state index in [0.29, 0.717) is 32.0 Å². The van der Waals surface area contributed by atoms with Crippen LogP contribution in [0.1, 0.15) is 10.4 Å². The molecule has 1 fully saturated rings. The molecule has 0 bridgehead atoms. The van der Waals surface area contributed by atoms with Gasteiger partial charge in [-0.1, -0.05) is 12.1 Å². The average molecular weight is 450 g/mol. The summed E-state index contributed by atoms with van der Waals surface area (Å²) in [6.07, 6.45) is 3.19. The number of benzene rings is 2. The zero-order chi connectivity index (χ0) is 22.9. The van der Waals surface area contributed by atoms with Crippen molar-refractivity contribution in [3.8, 4) is 16.9 Å². The average Bonchev–Trinajstić information content (AvgIpc) is 3.34. The maximum absolute atomic E-state index is 14.1. The van der Waals surface area contributed by atoms with E-state index < -0.39 is 17.5 Å². The molecule has 1 aliphatic rings. The lowest BCUT2D eigenvalue weighted by molar-refractivity contribution is 0.0741. The van der Waals surface area contributed by atoms with Gasteiger partial charge in [-0.15, -0.1) is 0 Å². The summed E-state index contributed by atoms with van der Waals surface area (Å²) in [6.45, 7) is 1.64. The number of methoxy groups -OCH3 is 1. The van der Waals surface area contributed by atoms with Gasteiger partial charge in [-0.3, -0.25) is 4.79 Å². The van der Waals surface area contributed by atoms with Crippen LogP contribution in [0.15, 0.2) is 55.0 Å². The lowest BCUT2D eigenvalue weighted by Crippen LogP contribution is -2.49. The second-order valence-electron chi connectivity index (χ2n) is 7.60. The summed E-state index contributed by atoms with van der Waals surface area (Å²) < 4.78 is 34.6. The van der Waals surface area contributed by atoms with E-state index in [1.54, 1.807) is 17.8 Å². The Bertz CT molecular complexity index is 1320. The van der Waals surface area contributed by atoms with Crippen molar-refractivity contribution in [2.45, 2.75) is 0 Å². The summed E-state index contributed by atoms with van der Waals surface area (Å²) in [6, 6.07) is 10.5. The highest BCUT2D eigenvalue weighted by molar-refractivity contribution is 5.94. The van der Waals surface area contributed by atoms with Gasteiger partial charge in [0, 0.05) is 37.9 Å². The molecular weight excluding hydrogens is 430 g/mol. The third-order valence-corrected chi connectivity index (χ3v) is 5.71. The molecule has 1 amide bonds. The van der Waals surface area contributed by atoms with Crippen LogP contribution >= 0.6 is 0 Å². The van der Waals surface area contributed by atoms with Crippen LogP contribution in [-0.4, -0.2) is 63.7 Å². The Hall–Kier alpha value is -4.08. The van der Waals surface area contributed by atoms with E-state index in [-0.39, 0.29) is 5.56 Å². The van der Waals surface area contributed by atoms with Crippen LogP contribution in [0.2, 0.25) is 0 Å². The number of anilines is 1. The number of rotatable bonds is 4. The molecule has 0 N–H and O–H groups in total. The molecule has 2 aromatic carbocycles. The van der Waals surface area contributed by atoms with Gasteiger partial charge >= 0.3 is 0 Å². The molecule has 2 aromatic heterocycles. The molecule has 0 saturated carbocycles. The van der Waals surface area contributed by atoms with Gasteiger partial charge in [-0.2, -0.15) is 14.6 Å². The molecule has 0 unspecified atom stereocenters. The minimum absolute atomic E-state index is 0.259. The molecular formula is C23H20F2N6O2. The molecule has 1 saturated heterocycles. The molecule has 4 aromatic rings. The number of ether oxygens (including phenoxy) is 1. The molecule has 0 spiro atoms. The Kier molecular flexibility index (Phi) is 5.33. The van der Waals surface area contributed by atoms with Gasteiger partial charge in [0.25, 0.3) is 11.7 Å². The van der Waals surface area contributed by atoms with Crippen LogP contribution in [0.3, 0.4) is 0 Å². The number of nitrogens with zero attached hydrogens (tertiary/aromatic N) is 6. The Morgan fingerprint density at radius 1 is 1.00 bits per heavy atom. The maximum Gasteiger partial charge on any atom is 0.257 e. The fourth-order valence-electron chi connectivity index (χ4n) is 4.00. The molecule has 1 aliphatic heterocycles. The van der Waals surface area contributed by atoms with Crippen molar-refractivity contribution in [3.63, 3.8) is 0 Å². The van der Waals surface area contributed by atoms with E-state index >= 15 is 0 Å². The second kappa shape index (κ2) is 8.45. The molecule has 10 heteroatoms. The quantitative estimate of drug-likeness (QED) is 0.476. The van der Waals surface area contributed by atoms with Crippen molar-refractivity contribution in [1.29, 1.82) is 0 Å². The first-order valence-corrected chi connectivity index (χ1v) is 10.4. The van der Waals surface area contributed by atoms with Crippen molar-refractivity contribution >= 4 is 17.5 Å². The number of halogens is 2. The predicted octanol–water partition coefficient (Wildman–Crippen LogP) is 3.04. The highest BCUT2D eigenvalue weighted by Gasteiger charge is 2.27. The number of piperazine rings is 1. The highest BCUT2D eigenvalue weighted by Crippen LogP contribution is 2.32. The Balaban J connectivity index is 1.44. The SMILES string of the molecule is COc1ccc(-c2cnc3ncnn3c2N2CCN(C(=O)c3cc(F)ccc3F)CC2)cc1. The van der Waals surface area contributed by atoms with E-state index in [1.165, 1.54) is 11.2 Å². The second-order valence-corrected chi connectivity index (χ2v) is 7.60. The first-order valence-electron chi connectivity index (χ1n) is 10.4.